The van der Waals surface area contributed by atoms with E-state index in [9.17, 15) is 4.79 Å². The first-order chi connectivity index (χ1) is 9.63. The van der Waals surface area contributed by atoms with E-state index in [4.69, 9.17) is 16.3 Å². The van der Waals surface area contributed by atoms with Gasteiger partial charge in [-0.3, -0.25) is 9.78 Å². The average molecular weight is 297 g/mol. The highest BCUT2D eigenvalue weighted by Crippen LogP contribution is 2.23. The van der Waals surface area contributed by atoms with Gasteiger partial charge in [0.05, 0.1) is 23.7 Å². The maximum Gasteiger partial charge on any atom is 0.240 e. The second-order valence-corrected chi connectivity index (χ2v) is 5.03. The van der Waals surface area contributed by atoms with E-state index in [1.807, 2.05) is 17.6 Å². The molecule has 0 spiro atoms. The highest BCUT2D eigenvalue weighted by Gasteiger charge is 2.16. The van der Waals surface area contributed by atoms with Crippen molar-refractivity contribution in [3.05, 3.63) is 24.3 Å². The van der Waals surface area contributed by atoms with E-state index in [0.29, 0.717) is 19.0 Å². The lowest BCUT2D eigenvalue weighted by atomic mass is 10.4. The minimum absolute atomic E-state index is 0.100. The lowest BCUT2D eigenvalue weighted by Crippen LogP contribution is -2.30. The molecule has 0 saturated heterocycles. The zero-order valence-electron chi connectivity index (χ0n) is 11.5. The number of rotatable bonds is 6. The van der Waals surface area contributed by atoms with Crippen LogP contribution in [-0.4, -0.2) is 40.7 Å². The Labute approximate surface area is 122 Å². The Hall–Kier alpha value is -1.66. The number of amides is 1. The van der Waals surface area contributed by atoms with Crippen LogP contribution in [-0.2, 0) is 16.1 Å². The van der Waals surface area contributed by atoms with Crippen molar-refractivity contribution in [1.82, 2.24) is 19.9 Å². The summed E-state index contributed by atoms with van der Waals surface area (Å²) in [4.78, 5) is 20.4. The van der Waals surface area contributed by atoms with Gasteiger partial charge in [-0.05, 0) is 13.0 Å². The molecule has 2 rings (SSSR count). The normalized spacial score (nSPS) is 12.6. The fraction of sp³-hybridized carbons (Fsp3) is 0.462. The maximum atomic E-state index is 11.9. The molecule has 2 heterocycles. The summed E-state index contributed by atoms with van der Waals surface area (Å²) in [5.74, 6) is 0.563. The monoisotopic (exact) mass is 296 g/mol. The summed E-state index contributed by atoms with van der Waals surface area (Å²) in [7, 11) is 1.59. The molecule has 2 aromatic rings. The van der Waals surface area contributed by atoms with Crippen molar-refractivity contribution in [3.8, 4) is 0 Å². The lowest BCUT2D eigenvalue weighted by molar-refractivity contribution is -0.121. The number of methoxy groups -OCH3 is 1. The number of ether oxygens (including phenoxy) is 1. The van der Waals surface area contributed by atoms with Gasteiger partial charge in [0.25, 0.3) is 0 Å². The number of carbonyl (C=O) groups excluding carboxylic acids is 1. The first kappa shape index (κ1) is 14.7. The van der Waals surface area contributed by atoms with Crippen LogP contribution in [0.4, 0.5) is 0 Å². The predicted octanol–water partition coefficient (Wildman–Crippen LogP) is 1.49. The second kappa shape index (κ2) is 6.67. The average Bonchev–Trinajstić information content (AvgIpc) is 2.78. The Morgan fingerprint density at radius 1 is 1.60 bits per heavy atom. The Morgan fingerprint density at radius 3 is 3.10 bits per heavy atom. The third-order valence-corrected chi connectivity index (χ3v) is 3.06. The largest absolute Gasteiger partial charge is 0.383 e. The minimum atomic E-state index is -0.283. The van der Waals surface area contributed by atoms with Crippen LogP contribution in [0, 0.1) is 0 Å². The Morgan fingerprint density at radius 2 is 2.40 bits per heavy atom. The number of hydrogen-bond acceptors (Lipinski definition) is 4. The fourth-order valence-electron chi connectivity index (χ4n) is 1.96. The Bertz CT molecular complexity index is 597. The van der Waals surface area contributed by atoms with Gasteiger partial charge in [-0.1, -0.05) is 0 Å². The van der Waals surface area contributed by atoms with Crippen molar-refractivity contribution in [3.63, 3.8) is 0 Å². The molecule has 0 aliphatic heterocycles. The smallest absolute Gasteiger partial charge is 0.240 e. The molecule has 6 nitrogen and oxygen atoms in total. The van der Waals surface area contributed by atoms with Crippen LogP contribution in [0.2, 0.25) is 0 Å². The van der Waals surface area contributed by atoms with Crippen LogP contribution < -0.4 is 5.32 Å². The molecule has 2 aromatic heterocycles. The van der Waals surface area contributed by atoms with Gasteiger partial charge in [-0.2, -0.15) is 0 Å². The Balaban J connectivity index is 2.23. The molecule has 1 amide bonds. The maximum absolute atomic E-state index is 11.9. The van der Waals surface area contributed by atoms with Crippen molar-refractivity contribution in [1.29, 1.82) is 0 Å². The summed E-state index contributed by atoms with van der Waals surface area (Å²) < 4.78 is 6.71. The van der Waals surface area contributed by atoms with Crippen molar-refractivity contribution >= 4 is 28.5 Å². The zero-order valence-corrected chi connectivity index (χ0v) is 12.2. The van der Waals surface area contributed by atoms with Crippen LogP contribution in [0.15, 0.2) is 18.5 Å². The number of hydrogen-bond donors (Lipinski definition) is 1. The van der Waals surface area contributed by atoms with Crippen LogP contribution in [0.5, 0.6) is 0 Å². The van der Waals surface area contributed by atoms with E-state index in [0.717, 1.165) is 11.0 Å². The SMILES string of the molecule is COCCNC(=O)Cn1c(C(C)Cl)nc2cnccc21. The number of aromatic nitrogens is 3. The molecule has 0 aliphatic carbocycles. The van der Waals surface area contributed by atoms with E-state index >= 15 is 0 Å². The molecule has 1 atom stereocenters. The van der Waals surface area contributed by atoms with Gasteiger partial charge in [0.2, 0.25) is 5.91 Å². The topological polar surface area (TPSA) is 69.0 Å². The van der Waals surface area contributed by atoms with E-state index in [2.05, 4.69) is 15.3 Å². The van der Waals surface area contributed by atoms with Crippen LogP contribution in [0.3, 0.4) is 0 Å². The van der Waals surface area contributed by atoms with E-state index in [1.165, 1.54) is 0 Å². The van der Waals surface area contributed by atoms with Crippen molar-refractivity contribution in [2.24, 2.45) is 0 Å². The van der Waals surface area contributed by atoms with E-state index in [-0.39, 0.29) is 17.8 Å². The standard InChI is InChI=1S/C13H17ClN4O2/c1-9(14)13-17-10-7-15-4-3-11(10)18(13)8-12(19)16-5-6-20-2/h3-4,7,9H,5-6,8H2,1-2H3,(H,16,19). The van der Waals surface area contributed by atoms with Crippen molar-refractivity contribution < 1.29 is 9.53 Å². The van der Waals surface area contributed by atoms with Crippen molar-refractivity contribution in [2.75, 3.05) is 20.3 Å². The molecule has 0 aliphatic rings. The van der Waals surface area contributed by atoms with Crippen LogP contribution >= 0.6 is 11.6 Å². The molecule has 0 fully saturated rings. The molecule has 108 valence electrons. The molecule has 0 aromatic carbocycles. The second-order valence-electron chi connectivity index (χ2n) is 4.38. The third-order valence-electron chi connectivity index (χ3n) is 2.87. The molecule has 7 heteroatoms. The van der Waals surface area contributed by atoms with Gasteiger partial charge in [0.15, 0.2) is 0 Å². The minimum Gasteiger partial charge on any atom is -0.383 e. The summed E-state index contributed by atoms with van der Waals surface area (Å²) in [6.07, 6.45) is 3.34. The number of fused-ring (bicyclic) bond motifs is 1. The van der Waals surface area contributed by atoms with Gasteiger partial charge in [-0.15, -0.1) is 11.6 Å². The number of alkyl halides is 1. The number of carbonyl (C=O) groups is 1. The first-order valence-electron chi connectivity index (χ1n) is 6.33. The van der Waals surface area contributed by atoms with Gasteiger partial charge >= 0.3 is 0 Å². The molecule has 0 saturated carbocycles. The summed E-state index contributed by atoms with van der Waals surface area (Å²) >= 11 is 6.13. The lowest BCUT2D eigenvalue weighted by Gasteiger charge is -2.10. The number of imidazole rings is 1. The molecule has 1 N–H and O–H groups in total. The summed E-state index contributed by atoms with van der Waals surface area (Å²) in [5.41, 5.74) is 1.59. The number of pyridine rings is 1. The number of nitrogens with one attached hydrogen (secondary N) is 1. The molecule has 0 radical (unpaired) electrons. The summed E-state index contributed by atoms with van der Waals surface area (Å²) in [6, 6.07) is 1.83. The van der Waals surface area contributed by atoms with Gasteiger partial charge in [-0.25, -0.2) is 4.98 Å². The quantitative estimate of drug-likeness (QED) is 0.648. The fourth-order valence-corrected chi connectivity index (χ4v) is 2.13. The van der Waals surface area contributed by atoms with E-state index in [1.54, 1.807) is 19.5 Å². The number of halogens is 1. The van der Waals surface area contributed by atoms with Gasteiger partial charge in [0.1, 0.15) is 17.9 Å². The van der Waals surface area contributed by atoms with Crippen molar-refractivity contribution in [2.45, 2.75) is 18.8 Å². The molecule has 20 heavy (non-hydrogen) atoms. The summed E-state index contributed by atoms with van der Waals surface area (Å²) in [5, 5.41) is 2.50. The molecule has 0 bridgehead atoms. The van der Waals surface area contributed by atoms with E-state index < -0.39 is 0 Å². The van der Waals surface area contributed by atoms with Gasteiger partial charge < -0.3 is 14.6 Å². The molecular weight excluding hydrogens is 280 g/mol. The van der Waals surface area contributed by atoms with Crippen LogP contribution in [0.25, 0.3) is 11.0 Å². The first-order valence-corrected chi connectivity index (χ1v) is 6.77. The highest BCUT2D eigenvalue weighted by molar-refractivity contribution is 6.20. The molecule has 1 unspecified atom stereocenters. The Kier molecular flexibility index (Phi) is 4.92. The molecular formula is C13H17ClN4O2. The van der Waals surface area contributed by atoms with Gasteiger partial charge in [0, 0.05) is 19.9 Å². The zero-order chi connectivity index (χ0) is 14.5. The highest BCUT2D eigenvalue weighted by atomic mass is 35.5. The summed E-state index contributed by atoms with van der Waals surface area (Å²) in [6.45, 7) is 2.97. The predicted molar refractivity (Wildman–Crippen MR) is 76.7 cm³/mol. The number of nitrogens with zero attached hydrogens (tertiary/aromatic N) is 3. The third kappa shape index (κ3) is 3.26. The van der Waals surface area contributed by atoms with Crippen LogP contribution in [0.1, 0.15) is 18.1 Å².